The first-order valence-corrected chi connectivity index (χ1v) is 12.5. The van der Waals surface area contributed by atoms with E-state index >= 15 is 0 Å². The first-order valence-electron chi connectivity index (χ1n) is 11.1. The molecule has 0 radical (unpaired) electrons. The molecule has 0 atom stereocenters. The number of anilines is 2. The third-order valence-electron chi connectivity index (χ3n) is 5.54. The van der Waals surface area contributed by atoms with Gasteiger partial charge in [0.15, 0.2) is 11.6 Å². The predicted octanol–water partition coefficient (Wildman–Crippen LogP) is 3.35. The lowest BCUT2D eigenvalue weighted by Gasteiger charge is -2.28. The van der Waals surface area contributed by atoms with Gasteiger partial charge in [-0.15, -0.1) is 0 Å². The van der Waals surface area contributed by atoms with E-state index in [0.717, 1.165) is 0 Å². The van der Waals surface area contributed by atoms with Crippen LogP contribution in [0.15, 0.2) is 47.4 Å². The van der Waals surface area contributed by atoms with Gasteiger partial charge in [-0.1, -0.05) is 6.07 Å². The SMILES string of the molecule is CCN(CC)c1ccc(S(=O)(=O)N2CCOCC2)cc1NC(=O)/C=C/c1ccc(OC)c(F)c1. The van der Waals surface area contributed by atoms with E-state index in [1.807, 2.05) is 18.7 Å². The Hall–Kier alpha value is -2.95. The number of ether oxygens (including phenoxy) is 2. The molecule has 184 valence electrons. The normalized spacial score (nSPS) is 14.8. The molecule has 2 aromatic carbocycles. The second-order valence-electron chi connectivity index (χ2n) is 7.58. The average Bonchev–Trinajstić information content (AvgIpc) is 2.85. The van der Waals surface area contributed by atoms with Gasteiger partial charge in [-0.05, 0) is 55.8 Å². The number of amides is 1. The summed E-state index contributed by atoms with van der Waals surface area (Å²) in [6.45, 7) is 6.56. The van der Waals surface area contributed by atoms with Gasteiger partial charge in [0.25, 0.3) is 0 Å². The summed E-state index contributed by atoms with van der Waals surface area (Å²) in [5.74, 6) is -0.885. The number of benzene rings is 2. The van der Waals surface area contributed by atoms with E-state index in [-0.39, 0.29) is 23.7 Å². The van der Waals surface area contributed by atoms with Gasteiger partial charge in [-0.25, -0.2) is 12.8 Å². The van der Waals surface area contributed by atoms with Crippen molar-refractivity contribution in [3.8, 4) is 5.75 Å². The molecule has 0 aromatic heterocycles. The quantitative estimate of drug-likeness (QED) is 0.542. The van der Waals surface area contributed by atoms with Gasteiger partial charge in [-0.2, -0.15) is 4.31 Å². The van der Waals surface area contributed by atoms with Gasteiger partial charge in [0.2, 0.25) is 15.9 Å². The molecule has 1 aliphatic heterocycles. The number of methoxy groups -OCH3 is 1. The fraction of sp³-hybridized carbons (Fsp3) is 0.375. The van der Waals surface area contributed by atoms with E-state index in [2.05, 4.69) is 5.32 Å². The number of halogens is 1. The molecule has 1 N–H and O–H groups in total. The van der Waals surface area contributed by atoms with E-state index < -0.39 is 21.7 Å². The van der Waals surface area contributed by atoms with Gasteiger partial charge < -0.3 is 19.7 Å². The van der Waals surface area contributed by atoms with Crippen molar-refractivity contribution in [1.29, 1.82) is 0 Å². The average molecular weight is 492 g/mol. The van der Waals surface area contributed by atoms with Crippen LogP contribution >= 0.6 is 0 Å². The van der Waals surface area contributed by atoms with E-state index in [1.165, 1.54) is 41.8 Å². The highest BCUT2D eigenvalue weighted by Crippen LogP contribution is 2.30. The van der Waals surface area contributed by atoms with Crippen LogP contribution in [0.3, 0.4) is 0 Å². The minimum absolute atomic E-state index is 0.0989. The fourth-order valence-electron chi connectivity index (χ4n) is 3.68. The first kappa shape index (κ1) is 25.7. The maximum Gasteiger partial charge on any atom is 0.248 e. The van der Waals surface area contributed by atoms with Crippen LogP contribution in [0.5, 0.6) is 5.75 Å². The summed E-state index contributed by atoms with van der Waals surface area (Å²) in [5, 5.41) is 2.79. The Kier molecular flexibility index (Phi) is 8.65. The van der Waals surface area contributed by atoms with Crippen LogP contribution < -0.4 is 15.0 Å². The van der Waals surface area contributed by atoms with Crippen molar-refractivity contribution in [2.24, 2.45) is 0 Å². The molecule has 0 saturated carbocycles. The van der Waals surface area contributed by atoms with Gasteiger partial charge in [0.1, 0.15) is 0 Å². The van der Waals surface area contributed by atoms with Crippen molar-refractivity contribution in [3.63, 3.8) is 0 Å². The van der Waals surface area contributed by atoms with Crippen LogP contribution in [0, 0.1) is 5.82 Å². The maximum absolute atomic E-state index is 13.9. The smallest absolute Gasteiger partial charge is 0.248 e. The van der Waals surface area contributed by atoms with Crippen molar-refractivity contribution >= 4 is 33.4 Å². The number of morpholine rings is 1. The standard InChI is InChI=1S/C24H30FN3O5S/c1-4-27(5-2)22-9-8-19(34(30,31)28-12-14-33-15-13-28)17-21(22)26-24(29)11-7-18-6-10-23(32-3)20(25)16-18/h6-11,16-17H,4-5,12-15H2,1-3H3,(H,26,29)/b11-7+. The first-order chi connectivity index (χ1) is 16.3. The molecular weight excluding hydrogens is 461 g/mol. The van der Waals surface area contributed by atoms with E-state index in [9.17, 15) is 17.6 Å². The fourth-order valence-corrected chi connectivity index (χ4v) is 5.12. The van der Waals surface area contributed by atoms with Gasteiger partial charge in [-0.3, -0.25) is 4.79 Å². The Morgan fingerprint density at radius 1 is 1.18 bits per heavy atom. The summed E-state index contributed by atoms with van der Waals surface area (Å²) in [6, 6.07) is 9.12. The number of rotatable bonds is 9. The molecule has 1 amide bonds. The maximum atomic E-state index is 13.9. The van der Waals surface area contributed by atoms with Crippen LogP contribution in [-0.4, -0.2) is 65.1 Å². The summed E-state index contributed by atoms with van der Waals surface area (Å²) in [5.41, 5.74) is 1.58. The van der Waals surface area contributed by atoms with Gasteiger partial charge in [0.05, 0.1) is 36.6 Å². The van der Waals surface area contributed by atoms with Crippen LogP contribution in [0.4, 0.5) is 15.8 Å². The van der Waals surface area contributed by atoms with Crippen molar-refractivity contribution in [1.82, 2.24) is 4.31 Å². The van der Waals surface area contributed by atoms with Crippen LogP contribution in [-0.2, 0) is 19.6 Å². The van der Waals surface area contributed by atoms with Crippen molar-refractivity contribution < 1.29 is 27.1 Å². The van der Waals surface area contributed by atoms with Crippen LogP contribution in [0.25, 0.3) is 6.08 Å². The number of hydrogen-bond donors (Lipinski definition) is 1. The zero-order valence-electron chi connectivity index (χ0n) is 19.6. The zero-order chi connectivity index (χ0) is 24.7. The zero-order valence-corrected chi connectivity index (χ0v) is 20.4. The Balaban J connectivity index is 1.88. The summed E-state index contributed by atoms with van der Waals surface area (Å²) in [7, 11) is -2.35. The molecule has 1 saturated heterocycles. The largest absolute Gasteiger partial charge is 0.494 e. The highest BCUT2D eigenvalue weighted by Gasteiger charge is 2.27. The summed E-state index contributed by atoms with van der Waals surface area (Å²) >= 11 is 0. The minimum atomic E-state index is -3.73. The predicted molar refractivity (Wildman–Crippen MR) is 130 cm³/mol. The second kappa shape index (κ2) is 11.5. The molecule has 0 unspecified atom stereocenters. The number of carbonyl (C=O) groups excluding carboxylic acids is 1. The van der Waals surface area contributed by atoms with Crippen LogP contribution in [0.1, 0.15) is 19.4 Å². The molecule has 1 fully saturated rings. The highest BCUT2D eigenvalue weighted by molar-refractivity contribution is 7.89. The van der Waals surface area contributed by atoms with Gasteiger partial charge in [0, 0.05) is 32.3 Å². The number of nitrogens with one attached hydrogen (secondary N) is 1. The lowest BCUT2D eigenvalue weighted by atomic mass is 10.2. The van der Waals surface area contributed by atoms with Crippen LogP contribution in [0.2, 0.25) is 0 Å². The van der Waals surface area contributed by atoms with E-state index in [0.29, 0.717) is 43.2 Å². The molecule has 0 spiro atoms. The Bertz CT molecular complexity index is 1140. The summed E-state index contributed by atoms with van der Waals surface area (Å²) in [4.78, 5) is 14.8. The molecule has 1 heterocycles. The Labute approximate surface area is 200 Å². The molecule has 10 heteroatoms. The molecule has 3 rings (SSSR count). The molecular formula is C24H30FN3O5S. The number of carbonyl (C=O) groups is 1. The molecule has 1 aliphatic rings. The highest BCUT2D eigenvalue weighted by atomic mass is 32.2. The lowest BCUT2D eigenvalue weighted by molar-refractivity contribution is -0.111. The topological polar surface area (TPSA) is 88.2 Å². The molecule has 0 bridgehead atoms. The lowest BCUT2D eigenvalue weighted by Crippen LogP contribution is -2.40. The number of sulfonamides is 1. The third-order valence-corrected chi connectivity index (χ3v) is 7.44. The van der Waals surface area contributed by atoms with Crippen molar-refractivity contribution in [3.05, 3.63) is 53.9 Å². The summed E-state index contributed by atoms with van der Waals surface area (Å²) < 4.78 is 51.7. The van der Waals surface area contributed by atoms with E-state index in [4.69, 9.17) is 9.47 Å². The van der Waals surface area contributed by atoms with Gasteiger partial charge >= 0.3 is 0 Å². The number of hydrogen-bond acceptors (Lipinski definition) is 6. The molecule has 0 aliphatic carbocycles. The minimum Gasteiger partial charge on any atom is -0.494 e. The molecule has 34 heavy (non-hydrogen) atoms. The van der Waals surface area contributed by atoms with Crippen molar-refractivity contribution in [2.45, 2.75) is 18.7 Å². The Morgan fingerprint density at radius 2 is 1.88 bits per heavy atom. The monoisotopic (exact) mass is 491 g/mol. The van der Waals surface area contributed by atoms with E-state index in [1.54, 1.807) is 18.2 Å². The molecule has 8 nitrogen and oxygen atoms in total. The summed E-state index contributed by atoms with van der Waals surface area (Å²) in [6.07, 6.45) is 2.75. The van der Waals surface area contributed by atoms with Crippen molar-refractivity contribution in [2.75, 3.05) is 56.7 Å². The number of nitrogens with zero attached hydrogens (tertiary/aromatic N) is 2. The second-order valence-corrected chi connectivity index (χ2v) is 9.52. The molecule has 2 aromatic rings. The Morgan fingerprint density at radius 3 is 2.50 bits per heavy atom. The third kappa shape index (κ3) is 5.94.